The standard InChI is InChI=1S/C14H21N/c1-11(2)8-9-15-10-14-12(3)6-5-7-13(14)4/h5-8,15H,9-10H2,1-4H3. The summed E-state index contributed by atoms with van der Waals surface area (Å²) in [5, 5.41) is 3.44. The number of hydrogen-bond donors (Lipinski definition) is 1. The molecule has 0 aliphatic carbocycles. The van der Waals surface area contributed by atoms with Crippen molar-refractivity contribution in [2.45, 2.75) is 34.2 Å². The fourth-order valence-corrected chi connectivity index (χ4v) is 1.60. The van der Waals surface area contributed by atoms with Gasteiger partial charge in [0.15, 0.2) is 0 Å². The highest BCUT2D eigenvalue weighted by Gasteiger charge is 1.99. The van der Waals surface area contributed by atoms with Crippen LogP contribution in [0.5, 0.6) is 0 Å². The number of rotatable bonds is 4. The van der Waals surface area contributed by atoms with Gasteiger partial charge in [-0.2, -0.15) is 0 Å². The Bertz CT molecular complexity index is 326. The van der Waals surface area contributed by atoms with Crippen molar-refractivity contribution in [1.29, 1.82) is 0 Å². The van der Waals surface area contributed by atoms with E-state index in [0.29, 0.717) is 0 Å². The van der Waals surface area contributed by atoms with Crippen LogP contribution in [0, 0.1) is 13.8 Å². The normalized spacial score (nSPS) is 10.1. The predicted octanol–water partition coefficient (Wildman–Crippen LogP) is 3.36. The first-order valence-corrected chi connectivity index (χ1v) is 5.50. The van der Waals surface area contributed by atoms with Gasteiger partial charge in [0.05, 0.1) is 0 Å². The molecule has 0 spiro atoms. The van der Waals surface area contributed by atoms with Crippen molar-refractivity contribution in [3.63, 3.8) is 0 Å². The molecule has 82 valence electrons. The van der Waals surface area contributed by atoms with Gasteiger partial charge in [0, 0.05) is 13.1 Å². The quantitative estimate of drug-likeness (QED) is 0.584. The van der Waals surface area contributed by atoms with Gasteiger partial charge in [0.2, 0.25) is 0 Å². The molecule has 0 aliphatic rings. The second-order valence-electron chi connectivity index (χ2n) is 4.28. The average molecular weight is 203 g/mol. The Morgan fingerprint density at radius 1 is 1.20 bits per heavy atom. The highest BCUT2D eigenvalue weighted by molar-refractivity contribution is 5.33. The van der Waals surface area contributed by atoms with E-state index in [2.05, 4.69) is 57.3 Å². The predicted molar refractivity (Wildman–Crippen MR) is 67.1 cm³/mol. The zero-order valence-electron chi connectivity index (χ0n) is 10.2. The van der Waals surface area contributed by atoms with Gasteiger partial charge >= 0.3 is 0 Å². The Morgan fingerprint density at radius 3 is 2.33 bits per heavy atom. The number of benzene rings is 1. The maximum absolute atomic E-state index is 3.44. The summed E-state index contributed by atoms with van der Waals surface area (Å²) in [6.07, 6.45) is 2.22. The zero-order valence-corrected chi connectivity index (χ0v) is 10.2. The molecule has 0 atom stereocenters. The molecular weight excluding hydrogens is 182 g/mol. The van der Waals surface area contributed by atoms with Gasteiger partial charge in [-0.25, -0.2) is 0 Å². The topological polar surface area (TPSA) is 12.0 Å². The molecule has 1 rings (SSSR count). The molecule has 1 heteroatoms. The van der Waals surface area contributed by atoms with E-state index in [1.54, 1.807) is 0 Å². The molecule has 15 heavy (non-hydrogen) atoms. The lowest BCUT2D eigenvalue weighted by Gasteiger charge is -2.09. The minimum atomic E-state index is 0.954. The molecule has 0 heterocycles. The minimum Gasteiger partial charge on any atom is -0.309 e. The molecule has 0 bridgehead atoms. The summed E-state index contributed by atoms with van der Waals surface area (Å²) in [5.74, 6) is 0. The summed E-state index contributed by atoms with van der Waals surface area (Å²) >= 11 is 0. The second kappa shape index (κ2) is 5.72. The lowest BCUT2D eigenvalue weighted by Crippen LogP contribution is -2.14. The van der Waals surface area contributed by atoms with E-state index in [9.17, 15) is 0 Å². The molecule has 0 saturated carbocycles. The van der Waals surface area contributed by atoms with Crippen molar-refractivity contribution in [2.75, 3.05) is 6.54 Å². The van der Waals surface area contributed by atoms with Crippen molar-refractivity contribution < 1.29 is 0 Å². The van der Waals surface area contributed by atoms with E-state index in [4.69, 9.17) is 0 Å². The Kier molecular flexibility index (Phi) is 4.57. The minimum absolute atomic E-state index is 0.954. The van der Waals surface area contributed by atoms with Crippen LogP contribution < -0.4 is 5.32 Å². The van der Waals surface area contributed by atoms with Crippen LogP contribution in [0.25, 0.3) is 0 Å². The van der Waals surface area contributed by atoms with Crippen LogP contribution in [0.4, 0.5) is 0 Å². The van der Waals surface area contributed by atoms with E-state index in [1.165, 1.54) is 22.3 Å². The third kappa shape index (κ3) is 3.88. The maximum Gasteiger partial charge on any atom is 0.0213 e. The van der Waals surface area contributed by atoms with Crippen molar-refractivity contribution in [3.05, 3.63) is 46.5 Å². The summed E-state index contributed by atoms with van der Waals surface area (Å²) in [7, 11) is 0. The Hall–Kier alpha value is -1.08. The first kappa shape index (κ1) is 12.0. The van der Waals surface area contributed by atoms with E-state index >= 15 is 0 Å². The first-order chi connectivity index (χ1) is 7.11. The van der Waals surface area contributed by atoms with E-state index in [0.717, 1.165) is 13.1 Å². The fourth-order valence-electron chi connectivity index (χ4n) is 1.60. The first-order valence-electron chi connectivity index (χ1n) is 5.50. The molecule has 0 aliphatic heterocycles. The number of nitrogens with one attached hydrogen (secondary N) is 1. The van der Waals surface area contributed by atoms with Crippen LogP contribution >= 0.6 is 0 Å². The van der Waals surface area contributed by atoms with Gasteiger partial charge in [-0.3, -0.25) is 0 Å². The number of aryl methyl sites for hydroxylation is 2. The molecule has 0 amide bonds. The van der Waals surface area contributed by atoms with Crippen molar-refractivity contribution in [1.82, 2.24) is 5.32 Å². The SMILES string of the molecule is CC(C)=CCNCc1c(C)cccc1C. The number of hydrogen-bond acceptors (Lipinski definition) is 1. The lowest BCUT2D eigenvalue weighted by molar-refractivity contribution is 0.749. The maximum atomic E-state index is 3.44. The van der Waals surface area contributed by atoms with Crippen LogP contribution in [0.1, 0.15) is 30.5 Å². The van der Waals surface area contributed by atoms with Gasteiger partial charge in [-0.05, 0) is 44.4 Å². The van der Waals surface area contributed by atoms with Gasteiger partial charge in [-0.1, -0.05) is 29.8 Å². The van der Waals surface area contributed by atoms with Gasteiger partial charge in [0.25, 0.3) is 0 Å². The Labute approximate surface area is 93.2 Å². The molecular formula is C14H21N. The third-order valence-corrected chi connectivity index (χ3v) is 2.60. The van der Waals surface area contributed by atoms with Crippen LogP contribution in [0.3, 0.4) is 0 Å². The Balaban J connectivity index is 2.54. The van der Waals surface area contributed by atoms with Crippen LogP contribution in [0.2, 0.25) is 0 Å². The molecule has 0 radical (unpaired) electrons. The summed E-state index contributed by atoms with van der Waals surface area (Å²) in [6, 6.07) is 6.46. The third-order valence-electron chi connectivity index (χ3n) is 2.60. The van der Waals surface area contributed by atoms with E-state index in [-0.39, 0.29) is 0 Å². The van der Waals surface area contributed by atoms with Crippen LogP contribution in [0.15, 0.2) is 29.8 Å². The molecule has 0 aromatic heterocycles. The molecule has 1 aromatic rings. The summed E-state index contributed by atoms with van der Waals surface area (Å²) in [5.41, 5.74) is 5.54. The summed E-state index contributed by atoms with van der Waals surface area (Å²) < 4.78 is 0. The average Bonchev–Trinajstić information content (AvgIpc) is 2.15. The monoisotopic (exact) mass is 203 g/mol. The summed E-state index contributed by atoms with van der Waals surface area (Å²) in [6.45, 7) is 10.5. The largest absolute Gasteiger partial charge is 0.309 e. The highest BCUT2D eigenvalue weighted by Crippen LogP contribution is 2.12. The van der Waals surface area contributed by atoms with Crippen LogP contribution in [-0.2, 0) is 6.54 Å². The van der Waals surface area contributed by atoms with Gasteiger partial charge < -0.3 is 5.32 Å². The van der Waals surface area contributed by atoms with E-state index in [1.807, 2.05) is 0 Å². The van der Waals surface area contributed by atoms with Crippen LogP contribution in [-0.4, -0.2) is 6.54 Å². The smallest absolute Gasteiger partial charge is 0.0213 e. The van der Waals surface area contributed by atoms with Gasteiger partial charge in [0.1, 0.15) is 0 Å². The Morgan fingerprint density at radius 2 is 1.80 bits per heavy atom. The number of allylic oxidation sites excluding steroid dienone is 1. The molecule has 1 N–H and O–H groups in total. The zero-order chi connectivity index (χ0) is 11.3. The molecule has 0 saturated heterocycles. The highest BCUT2D eigenvalue weighted by atomic mass is 14.8. The van der Waals surface area contributed by atoms with Crippen molar-refractivity contribution in [2.24, 2.45) is 0 Å². The molecule has 0 unspecified atom stereocenters. The lowest BCUT2D eigenvalue weighted by atomic mass is 10.0. The van der Waals surface area contributed by atoms with Crippen molar-refractivity contribution >= 4 is 0 Å². The molecule has 0 fully saturated rings. The molecule has 1 aromatic carbocycles. The summed E-state index contributed by atoms with van der Waals surface area (Å²) in [4.78, 5) is 0. The molecule has 1 nitrogen and oxygen atoms in total. The second-order valence-corrected chi connectivity index (χ2v) is 4.28. The van der Waals surface area contributed by atoms with Gasteiger partial charge in [-0.15, -0.1) is 0 Å². The fraction of sp³-hybridized carbons (Fsp3) is 0.429. The van der Waals surface area contributed by atoms with Crippen molar-refractivity contribution in [3.8, 4) is 0 Å². The van der Waals surface area contributed by atoms with E-state index < -0.39 is 0 Å².